The zero-order valence-corrected chi connectivity index (χ0v) is 27.1. The Morgan fingerprint density at radius 3 is 1.16 bits per heavy atom. The number of nitro groups is 1. The lowest BCUT2D eigenvalue weighted by atomic mass is 10.0. The molecular weight excluding hydrogens is 550 g/mol. The van der Waals surface area contributed by atoms with Gasteiger partial charge in [0.25, 0.3) is 5.69 Å². The van der Waals surface area contributed by atoms with Crippen LogP contribution in [-0.4, -0.2) is 77.6 Å². The van der Waals surface area contributed by atoms with Crippen LogP contribution in [0.25, 0.3) is 0 Å². The molecule has 0 radical (unpaired) electrons. The van der Waals surface area contributed by atoms with Crippen LogP contribution in [0.1, 0.15) is 110 Å². The van der Waals surface area contributed by atoms with Gasteiger partial charge in [-0.1, -0.05) is 103 Å². The van der Waals surface area contributed by atoms with Crippen molar-refractivity contribution in [3.8, 4) is 5.75 Å². The molecule has 0 heterocycles. The highest BCUT2D eigenvalue weighted by molar-refractivity contribution is 5.35. The smallest absolute Gasteiger partial charge is 0.269 e. The van der Waals surface area contributed by atoms with Gasteiger partial charge in [-0.25, -0.2) is 0 Å². The Balaban J connectivity index is 1.66. The van der Waals surface area contributed by atoms with Gasteiger partial charge in [-0.15, -0.1) is 0 Å². The molecule has 9 nitrogen and oxygen atoms in total. The first-order valence-electron chi connectivity index (χ1n) is 17.0. The van der Waals surface area contributed by atoms with Crippen LogP contribution < -0.4 is 4.74 Å². The topological polar surface area (TPSA) is 98.5 Å². The van der Waals surface area contributed by atoms with E-state index in [2.05, 4.69) is 6.92 Å². The van der Waals surface area contributed by atoms with E-state index in [4.69, 9.17) is 28.4 Å². The molecule has 0 aromatic heterocycles. The Hall–Kier alpha value is -1.78. The van der Waals surface area contributed by atoms with Crippen LogP contribution in [0.4, 0.5) is 5.69 Å². The Morgan fingerprint density at radius 2 is 0.791 bits per heavy atom. The number of nitrogens with zero attached hydrogens (tertiary/aromatic N) is 1. The van der Waals surface area contributed by atoms with Gasteiger partial charge in [0.05, 0.1) is 64.4 Å². The normalized spacial score (nSPS) is 11.3. The van der Waals surface area contributed by atoms with Gasteiger partial charge in [0, 0.05) is 18.7 Å². The number of hydrogen-bond acceptors (Lipinski definition) is 8. The second-order valence-corrected chi connectivity index (χ2v) is 11.0. The third-order valence-electron chi connectivity index (χ3n) is 7.17. The summed E-state index contributed by atoms with van der Waals surface area (Å²) in [5.41, 5.74) is 0.0397. The van der Waals surface area contributed by atoms with Crippen molar-refractivity contribution >= 4 is 5.69 Å². The summed E-state index contributed by atoms with van der Waals surface area (Å²) in [5, 5.41) is 10.6. The number of nitro benzene ring substituents is 1. The van der Waals surface area contributed by atoms with Gasteiger partial charge in [-0.05, 0) is 18.6 Å². The molecule has 1 aromatic carbocycles. The highest BCUT2D eigenvalue weighted by Crippen LogP contribution is 2.17. The molecule has 0 saturated heterocycles. The van der Waals surface area contributed by atoms with Gasteiger partial charge in [0.1, 0.15) is 12.4 Å². The molecular formula is C34H61NO8. The van der Waals surface area contributed by atoms with Crippen molar-refractivity contribution in [1.82, 2.24) is 0 Å². The molecule has 0 aliphatic heterocycles. The summed E-state index contributed by atoms with van der Waals surface area (Å²) in [6.45, 7) is 8.19. The molecule has 0 fully saturated rings. The number of hydrogen-bond donors (Lipinski definition) is 0. The van der Waals surface area contributed by atoms with Crippen molar-refractivity contribution in [3.63, 3.8) is 0 Å². The van der Waals surface area contributed by atoms with Crippen molar-refractivity contribution in [2.24, 2.45) is 0 Å². The fourth-order valence-corrected chi connectivity index (χ4v) is 4.62. The van der Waals surface area contributed by atoms with Gasteiger partial charge >= 0.3 is 0 Å². The molecule has 1 aromatic rings. The lowest BCUT2D eigenvalue weighted by Crippen LogP contribution is -2.14. The number of non-ortho nitro benzene ring substituents is 1. The summed E-state index contributed by atoms with van der Waals surface area (Å²) >= 11 is 0. The Morgan fingerprint density at radius 1 is 0.465 bits per heavy atom. The van der Waals surface area contributed by atoms with Gasteiger partial charge < -0.3 is 28.4 Å². The average Bonchev–Trinajstić information content (AvgIpc) is 3.02. The molecule has 0 atom stereocenters. The molecule has 1 rings (SSSR count). The first-order valence-corrected chi connectivity index (χ1v) is 17.0. The van der Waals surface area contributed by atoms with Crippen LogP contribution in [0, 0.1) is 10.1 Å². The lowest BCUT2D eigenvalue weighted by Gasteiger charge is -2.09. The molecule has 0 N–H and O–H groups in total. The number of rotatable bonds is 34. The summed E-state index contributed by atoms with van der Waals surface area (Å²) < 4.78 is 33.1. The maximum atomic E-state index is 10.6. The summed E-state index contributed by atoms with van der Waals surface area (Å²) in [5.74, 6) is 0.574. The van der Waals surface area contributed by atoms with E-state index in [1.54, 1.807) is 12.1 Å². The van der Waals surface area contributed by atoms with Crippen LogP contribution in [0.5, 0.6) is 5.75 Å². The van der Waals surface area contributed by atoms with E-state index in [0.717, 1.165) is 13.0 Å². The minimum absolute atomic E-state index is 0.0397. The van der Waals surface area contributed by atoms with E-state index in [9.17, 15) is 10.1 Å². The monoisotopic (exact) mass is 611 g/mol. The quantitative estimate of drug-likeness (QED) is 0.0436. The van der Waals surface area contributed by atoms with Crippen molar-refractivity contribution in [2.45, 2.75) is 110 Å². The second-order valence-electron chi connectivity index (χ2n) is 11.0. The zero-order chi connectivity index (χ0) is 30.9. The van der Waals surface area contributed by atoms with Crippen LogP contribution in [0.15, 0.2) is 24.3 Å². The number of ether oxygens (including phenoxy) is 6. The fourth-order valence-electron chi connectivity index (χ4n) is 4.62. The van der Waals surface area contributed by atoms with Gasteiger partial charge in [0.2, 0.25) is 0 Å². The summed E-state index contributed by atoms with van der Waals surface area (Å²) in [6.07, 6.45) is 22.1. The third-order valence-corrected chi connectivity index (χ3v) is 7.17. The average molecular weight is 612 g/mol. The van der Waals surface area contributed by atoms with Crippen LogP contribution >= 0.6 is 0 Å². The molecule has 0 unspecified atom stereocenters. The largest absolute Gasteiger partial charge is 0.491 e. The maximum absolute atomic E-state index is 10.6. The molecule has 43 heavy (non-hydrogen) atoms. The minimum Gasteiger partial charge on any atom is -0.491 e. The zero-order valence-electron chi connectivity index (χ0n) is 27.1. The summed E-state index contributed by atoms with van der Waals surface area (Å²) in [4.78, 5) is 10.2. The first-order chi connectivity index (χ1) is 21.2. The summed E-state index contributed by atoms with van der Waals surface area (Å²) in [6, 6.07) is 5.97. The third kappa shape index (κ3) is 27.5. The van der Waals surface area contributed by atoms with E-state index >= 15 is 0 Å². The predicted molar refractivity (Wildman–Crippen MR) is 172 cm³/mol. The second kappa shape index (κ2) is 31.6. The molecule has 0 aliphatic carbocycles. The van der Waals surface area contributed by atoms with Crippen LogP contribution in [-0.2, 0) is 23.7 Å². The molecule has 0 saturated carbocycles. The number of unbranched alkanes of at least 4 members (excludes halogenated alkanes) is 15. The molecule has 9 heteroatoms. The molecule has 0 bridgehead atoms. The predicted octanol–water partition coefficient (Wildman–Crippen LogP) is 8.32. The van der Waals surface area contributed by atoms with Gasteiger partial charge in [-0.3, -0.25) is 10.1 Å². The van der Waals surface area contributed by atoms with E-state index in [1.807, 2.05) is 0 Å². The fraction of sp³-hybridized carbons (Fsp3) is 0.824. The number of benzene rings is 1. The Bertz CT molecular complexity index is 719. The molecule has 0 aliphatic rings. The minimum atomic E-state index is -0.439. The first kappa shape index (κ1) is 39.2. The summed E-state index contributed by atoms with van der Waals surface area (Å²) in [7, 11) is 0. The molecule has 250 valence electrons. The highest BCUT2D eigenvalue weighted by atomic mass is 16.6. The molecule has 0 spiro atoms. The van der Waals surface area contributed by atoms with Crippen molar-refractivity contribution in [2.75, 3.05) is 72.7 Å². The maximum Gasteiger partial charge on any atom is 0.269 e. The van der Waals surface area contributed by atoms with Gasteiger partial charge in [-0.2, -0.15) is 0 Å². The van der Waals surface area contributed by atoms with Gasteiger partial charge in [0.15, 0.2) is 0 Å². The van der Waals surface area contributed by atoms with Crippen LogP contribution in [0.2, 0.25) is 0 Å². The van der Waals surface area contributed by atoms with E-state index in [-0.39, 0.29) is 5.69 Å². The van der Waals surface area contributed by atoms with E-state index in [1.165, 1.54) is 108 Å². The standard InChI is InChI=1S/C34H61NO8/c1-2-3-4-5-6-7-8-9-10-11-12-13-14-15-16-17-22-38-23-24-39-25-26-40-27-28-41-29-30-42-31-32-43-34-20-18-33(19-21-34)35(36)37/h18-21H,2-17,22-32H2,1H3. The van der Waals surface area contributed by atoms with Crippen LogP contribution in [0.3, 0.4) is 0 Å². The lowest BCUT2D eigenvalue weighted by molar-refractivity contribution is -0.384. The van der Waals surface area contributed by atoms with Crippen molar-refractivity contribution in [3.05, 3.63) is 34.4 Å². The van der Waals surface area contributed by atoms with E-state index < -0.39 is 4.92 Å². The van der Waals surface area contributed by atoms with E-state index in [0.29, 0.717) is 71.8 Å². The Kier molecular flexibility index (Phi) is 28.9. The molecule has 0 amide bonds. The SMILES string of the molecule is CCCCCCCCCCCCCCCCCCOCCOCCOCCOCCOCCOc1ccc([N+](=O)[O-])cc1. The van der Waals surface area contributed by atoms with Crippen molar-refractivity contribution < 1.29 is 33.3 Å². The van der Waals surface area contributed by atoms with Crippen molar-refractivity contribution in [1.29, 1.82) is 0 Å². The Labute approximate surface area is 261 Å². The highest BCUT2D eigenvalue weighted by Gasteiger charge is 2.04.